The topological polar surface area (TPSA) is 20.2 Å². The van der Waals surface area contributed by atoms with Crippen molar-refractivity contribution in [2.75, 3.05) is 0 Å². The Balaban J connectivity index is 2.65. The van der Waals surface area contributed by atoms with Gasteiger partial charge in [-0.2, -0.15) is 0 Å². The van der Waals surface area contributed by atoms with E-state index < -0.39 is 10.4 Å². The highest BCUT2D eigenvalue weighted by Crippen LogP contribution is 2.43. The minimum Gasteiger partial charge on any atom is -0.362 e. The first-order valence-electron chi connectivity index (χ1n) is 7.24. The Morgan fingerprint density at radius 2 is 1.24 bits per heavy atom. The molecule has 2 aromatic carbocycles. The van der Waals surface area contributed by atoms with Crippen LogP contribution in [0.5, 0.6) is 0 Å². The van der Waals surface area contributed by atoms with Crippen LogP contribution in [0.15, 0.2) is 48.5 Å². The number of aliphatic hydroxyl groups is 1. The van der Waals surface area contributed by atoms with Crippen molar-refractivity contribution in [2.24, 2.45) is 0 Å². The van der Waals surface area contributed by atoms with Crippen molar-refractivity contribution in [3.63, 3.8) is 0 Å². The van der Waals surface area contributed by atoms with Crippen molar-refractivity contribution < 1.29 is 5.11 Å². The number of alkyl halides is 2. The molecule has 2 aromatic rings. The molecule has 0 saturated carbocycles. The number of aryl methyl sites for hydroxylation is 2. The lowest BCUT2D eigenvalue weighted by atomic mass is 9.84. The second-order valence-corrected chi connectivity index (χ2v) is 6.47. The molecule has 0 bridgehead atoms. The second kappa shape index (κ2) is 6.83. The van der Waals surface area contributed by atoms with Crippen LogP contribution in [0.1, 0.15) is 42.0 Å². The maximum absolute atomic E-state index is 10.4. The minimum absolute atomic E-state index is 0.465. The minimum atomic E-state index is -1.85. The monoisotopic (exact) mass is 322 g/mol. The summed E-state index contributed by atoms with van der Waals surface area (Å²) < 4.78 is -1.85. The predicted molar refractivity (Wildman–Crippen MR) is 90.1 cm³/mol. The summed E-state index contributed by atoms with van der Waals surface area (Å²) in [5.74, 6) is -0.465. The summed E-state index contributed by atoms with van der Waals surface area (Å²) in [6.45, 7) is 4.17. The van der Waals surface area contributed by atoms with E-state index in [2.05, 4.69) is 26.0 Å². The molecule has 1 nitrogen and oxygen atoms in total. The van der Waals surface area contributed by atoms with Crippen molar-refractivity contribution in [1.82, 2.24) is 0 Å². The number of rotatable bonds is 5. The van der Waals surface area contributed by atoms with Gasteiger partial charge in [0.1, 0.15) is 0 Å². The molecule has 0 aliphatic carbocycles. The standard InChI is InChI=1S/C18H20Cl2O/c1-3-13-9-5-7-11-15(13)17(18(19,20)21)16-12-8-6-10-14(16)4-2/h5-12,17,21H,3-4H2,1-2H3. The van der Waals surface area contributed by atoms with Gasteiger partial charge in [-0.05, 0) is 35.1 Å². The summed E-state index contributed by atoms with van der Waals surface area (Å²) in [6.07, 6.45) is 1.73. The van der Waals surface area contributed by atoms with Crippen molar-refractivity contribution in [3.8, 4) is 0 Å². The van der Waals surface area contributed by atoms with Crippen LogP contribution in [-0.4, -0.2) is 9.63 Å². The third-order valence-electron chi connectivity index (χ3n) is 3.84. The molecule has 3 heteroatoms. The molecule has 0 amide bonds. The van der Waals surface area contributed by atoms with Gasteiger partial charge in [0.05, 0.1) is 5.92 Å². The second-order valence-electron chi connectivity index (χ2n) is 5.13. The lowest BCUT2D eigenvalue weighted by Gasteiger charge is -2.29. The largest absolute Gasteiger partial charge is 0.362 e. The zero-order chi connectivity index (χ0) is 15.5. The van der Waals surface area contributed by atoms with E-state index in [-0.39, 0.29) is 0 Å². The molecular weight excluding hydrogens is 303 g/mol. The van der Waals surface area contributed by atoms with Gasteiger partial charge in [-0.3, -0.25) is 0 Å². The van der Waals surface area contributed by atoms with Crippen LogP contribution in [0.25, 0.3) is 0 Å². The first-order chi connectivity index (χ1) is 9.99. The first-order valence-corrected chi connectivity index (χ1v) is 8.00. The van der Waals surface area contributed by atoms with Crippen molar-refractivity contribution >= 4 is 23.2 Å². The molecule has 0 heterocycles. The summed E-state index contributed by atoms with van der Waals surface area (Å²) in [5, 5.41) is 10.4. The molecule has 0 radical (unpaired) electrons. The Labute approximate surface area is 136 Å². The Kier molecular flexibility index (Phi) is 5.32. The summed E-state index contributed by atoms with van der Waals surface area (Å²) in [5.41, 5.74) is 4.25. The number of hydrogen-bond donors (Lipinski definition) is 1. The smallest absolute Gasteiger partial charge is 0.226 e. The quantitative estimate of drug-likeness (QED) is 0.762. The zero-order valence-electron chi connectivity index (χ0n) is 12.3. The van der Waals surface area contributed by atoms with Crippen LogP contribution in [0.2, 0.25) is 0 Å². The molecule has 21 heavy (non-hydrogen) atoms. The van der Waals surface area contributed by atoms with Gasteiger partial charge in [0, 0.05) is 0 Å². The maximum atomic E-state index is 10.4. The fourth-order valence-corrected chi connectivity index (χ4v) is 3.29. The SMILES string of the molecule is CCc1ccccc1C(c1ccccc1CC)C(O)(Cl)Cl. The van der Waals surface area contributed by atoms with Crippen LogP contribution in [0.3, 0.4) is 0 Å². The van der Waals surface area contributed by atoms with Crippen molar-refractivity contribution in [1.29, 1.82) is 0 Å². The van der Waals surface area contributed by atoms with Gasteiger partial charge in [0.2, 0.25) is 4.52 Å². The maximum Gasteiger partial charge on any atom is 0.226 e. The Hall–Kier alpha value is -1.02. The number of hydrogen-bond acceptors (Lipinski definition) is 1. The average Bonchev–Trinajstić information content (AvgIpc) is 2.47. The predicted octanol–water partition coefficient (Wildman–Crippen LogP) is 5.07. The molecule has 1 N–H and O–H groups in total. The Morgan fingerprint density at radius 1 is 0.857 bits per heavy atom. The molecule has 0 atom stereocenters. The lowest BCUT2D eigenvalue weighted by molar-refractivity contribution is 0.195. The highest BCUT2D eigenvalue weighted by Gasteiger charge is 2.37. The van der Waals surface area contributed by atoms with E-state index in [0.29, 0.717) is 0 Å². The molecular formula is C18H20Cl2O. The Bertz CT molecular complexity index is 555. The number of halogens is 2. The van der Waals surface area contributed by atoms with Gasteiger partial charge < -0.3 is 5.11 Å². The highest BCUT2D eigenvalue weighted by atomic mass is 35.5. The summed E-state index contributed by atoms with van der Waals surface area (Å²) in [4.78, 5) is 0. The van der Waals surface area contributed by atoms with Gasteiger partial charge in [-0.25, -0.2) is 0 Å². The van der Waals surface area contributed by atoms with Crippen molar-refractivity contribution in [3.05, 3.63) is 70.8 Å². The van der Waals surface area contributed by atoms with Gasteiger partial charge in [-0.15, -0.1) is 0 Å². The molecule has 0 spiro atoms. The van der Waals surface area contributed by atoms with Gasteiger partial charge >= 0.3 is 0 Å². The van der Waals surface area contributed by atoms with Gasteiger partial charge in [0.15, 0.2) is 0 Å². The summed E-state index contributed by atoms with van der Waals surface area (Å²) in [6, 6.07) is 16.0. The molecule has 0 aliphatic heterocycles. The van der Waals surface area contributed by atoms with Crippen LogP contribution in [0.4, 0.5) is 0 Å². The van der Waals surface area contributed by atoms with E-state index >= 15 is 0 Å². The third kappa shape index (κ3) is 3.60. The molecule has 0 aliphatic rings. The molecule has 0 fully saturated rings. The lowest BCUT2D eigenvalue weighted by Crippen LogP contribution is -2.26. The van der Waals surface area contributed by atoms with Crippen LogP contribution in [0, 0.1) is 0 Å². The first kappa shape index (κ1) is 16.4. The summed E-state index contributed by atoms with van der Waals surface area (Å²) in [7, 11) is 0. The highest BCUT2D eigenvalue weighted by molar-refractivity contribution is 6.47. The van der Waals surface area contributed by atoms with E-state index in [0.717, 1.165) is 35.1 Å². The average molecular weight is 323 g/mol. The van der Waals surface area contributed by atoms with E-state index in [4.69, 9.17) is 23.2 Å². The van der Waals surface area contributed by atoms with E-state index in [9.17, 15) is 5.11 Å². The molecule has 112 valence electrons. The molecule has 0 saturated heterocycles. The van der Waals surface area contributed by atoms with E-state index in [1.807, 2.05) is 36.4 Å². The fourth-order valence-electron chi connectivity index (χ4n) is 2.82. The van der Waals surface area contributed by atoms with Gasteiger partial charge in [0.25, 0.3) is 0 Å². The van der Waals surface area contributed by atoms with Crippen LogP contribution in [-0.2, 0) is 12.8 Å². The van der Waals surface area contributed by atoms with Crippen molar-refractivity contribution in [2.45, 2.75) is 37.1 Å². The van der Waals surface area contributed by atoms with E-state index in [1.54, 1.807) is 0 Å². The van der Waals surface area contributed by atoms with Crippen LogP contribution < -0.4 is 0 Å². The molecule has 0 aromatic heterocycles. The fraction of sp³-hybridized carbons (Fsp3) is 0.333. The van der Waals surface area contributed by atoms with Crippen LogP contribution >= 0.6 is 23.2 Å². The normalized spacial score (nSPS) is 11.9. The summed E-state index contributed by atoms with van der Waals surface area (Å²) >= 11 is 12.3. The third-order valence-corrected chi connectivity index (χ3v) is 4.28. The molecule has 2 rings (SSSR count). The molecule has 0 unspecified atom stereocenters. The van der Waals surface area contributed by atoms with Gasteiger partial charge in [-0.1, -0.05) is 85.6 Å². The zero-order valence-corrected chi connectivity index (χ0v) is 13.8. The van der Waals surface area contributed by atoms with E-state index in [1.165, 1.54) is 0 Å². The Morgan fingerprint density at radius 3 is 1.57 bits per heavy atom. The number of benzene rings is 2.